The molecule has 2 N–H and O–H groups in total. The minimum absolute atomic E-state index is 0.647. The normalized spacial score (nSPS) is 10.9. The molecule has 22 heavy (non-hydrogen) atoms. The number of rotatable bonds is 4. The molecule has 2 nitrogen and oxygen atoms in total. The second kappa shape index (κ2) is 6.42. The molecular formula is C19H20N2S. The molecule has 2 aromatic carbocycles. The van der Waals surface area contributed by atoms with Crippen molar-refractivity contribution in [2.24, 2.45) is 5.73 Å². The minimum atomic E-state index is 0.647. The number of nitrogens with two attached hydrogens (primary N) is 1. The average Bonchev–Trinajstić information content (AvgIpc) is 2.92. The summed E-state index contributed by atoms with van der Waals surface area (Å²) in [7, 11) is 0. The lowest BCUT2D eigenvalue weighted by atomic mass is 10.0. The molecule has 0 aliphatic carbocycles. The summed E-state index contributed by atoms with van der Waals surface area (Å²) in [6.45, 7) is 4.92. The minimum Gasteiger partial charge on any atom is -0.330 e. The van der Waals surface area contributed by atoms with Gasteiger partial charge in [0.2, 0.25) is 0 Å². The molecule has 3 rings (SSSR count). The van der Waals surface area contributed by atoms with Crippen molar-refractivity contribution in [3.8, 4) is 21.8 Å². The van der Waals surface area contributed by atoms with E-state index in [2.05, 4.69) is 56.3 Å². The number of hydrogen-bond acceptors (Lipinski definition) is 3. The molecule has 0 amide bonds. The van der Waals surface area contributed by atoms with Gasteiger partial charge in [-0.1, -0.05) is 54.1 Å². The number of aromatic nitrogens is 1. The molecule has 0 unspecified atom stereocenters. The van der Waals surface area contributed by atoms with Gasteiger partial charge >= 0.3 is 0 Å². The topological polar surface area (TPSA) is 38.9 Å². The number of thiazole rings is 1. The van der Waals surface area contributed by atoms with Crippen molar-refractivity contribution in [3.63, 3.8) is 0 Å². The lowest BCUT2D eigenvalue weighted by molar-refractivity contribution is 0.985. The van der Waals surface area contributed by atoms with Crippen LogP contribution in [0.15, 0.2) is 48.5 Å². The monoisotopic (exact) mass is 308 g/mol. The lowest BCUT2D eigenvalue weighted by Gasteiger charge is -2.06. The number of hydrogen-bond donors (Lipinski definition) is 1. The summed E-state index contributed by atoms with van der Waals surface area (Å²) in [6, 6.07) is 16.9. The Morgan fingerprint density at radius 2 is 1.82 bits per heavy atom. The molecule has 0 fully saturated rings. The molecule has 1 heterocycles. The first-order chi connectivity index (χ1) is 10.7. The van der Waals surface area contributed by atoms with Crippen molar-refractivity contribution in [2.75, 3.05) is 6.54 Å². The van der Waals surface area contributed by atoms with Crippen LogP contribution in [0.25, 0.3) is 21.8 Å². The highest BCUT2D eigenvalue weighted by Crippen LogP contribution is 2.35. The van der Waals surface area contributed by atoms with Crippen LogP contribution in [-0.2, 0) is 6.42 Å². The second-order valence-electron chi connectivity index (χ2n) is 5.51. The Balaban J connectivity index is 2.12. The fourth-order valence-electron chi connectivity index (χ4n) is 2.65. The molecular weight excluding hydrogens is 288 g/mol. The van der Waals surface area contributed by atoms with Crippen molar-refractivity contribution in [1.82, 2.24) is 4.98 Å². The van der Waals surface area contributed by atoms with E-state index in [1.54, 1.807) is 11.3 Å². The van der Waals surface area contributed by atoms with Crippen molar-refractivity contribution in [3.05, 3.63) is 64.5 Å². The van der Waals surface area contributed by atoms with E-state index in [4.69, 9.17) is 10.7 Å². The summed E-state index contributed by atoms with van der Waals surface area (Å²) >= 11 is 1.75. The van der Waals surface area contributed by atoms with E-state index in [1.165, 1.54) is 27.1 Å². The third kappa shape index (κ3) is 2.96. The highest BCUT2D eigenvalue weighted by molar-refractivity contribution is 7.15. The molecule has 3 aromatic rings. The predicted molar refractivity (Wildman–Crippen MR) is 95.2 cm³/mol. The van der Waals surface area contributed by atoms with Crippen LogP contribution >= 0.6 is 11.3 Å². The van der Waals surface area contributed by atoms with Gasteiger partial charge in [-0.25, -0.2) is 4.98 Å². The maximum absolute atomic E-state index is 5.80. The van der Waals surface area contributed by atoms with Gasteiger partial charge in [0.15, 0.2) is 0 Å². The maximum atomic E-state index is 5.80. The fourth-order valence-corrected chi connectivity index (χ4v) is 3.74. The zero-order valence-electron chi connectivity index (χ0n) is 13.0. The van der Waals surface area contributed by atoms with Crippen LogP contribution in [-0.4, -0.2) is 11.5 Å². The largest absolute Gasteiger partial charge is 0.330 e. The molecule has 0 aliphatic rings. The molecule has 0 spiro atoms. The molecule has 0 saturated carbocycles. The van der Waals surface area contributed by atoms with Gasteiger partial charge in [-0.2, -0.15) is 0 Å². The Morgan fingerprint density at radius 3 is 2.50 bits per heavy atom. The summed E-state index contributed by atoms with van der Waals surface area (Å²) in [6.07, 6.45) is 0.868. The summed E-state index contributed by atoms with van der Waals surface area (Å²) < 4.78 is 0. The smallest absolute Gasteiger partial charge is 0.124 e. The molecule has 0 atom stereocenters. The van der Waals surface area contributed by atoms with E-state index in [1.807, 2.05) is 6.07 Å². The van der Waals surface area contributed by atoms with Crippen LogP contribution in [0.1, 0.15) is 16.0 Å². The second-order valence-corrected chi connectivity index (χ2v) is 6.60. The number of nitrogens with zero attached hydrogens (tertiary/aromatic N) is 1. The molecule has 0 bridgehead atoms. The molecule has 0 radical (unpaired) electrons. The summed E-state index contributed by atoms with van der Waals surface area (Å²) in [5.74, 6) is 0. The van der Waals surface area contributed by atoms with E-state index in [9.17, 15) is 0 Å². The first-order valence-electron chi connectivity index (χ1n) is 7.52. The van der Waals surface area contributed by atoms with Crippen LogP contribution in [0.3, 0.4) is 0 Å². The standard InChI is InChI=1S/C19H20N2S/c1-13-8-9-16(14(2)12-13)18-17(10-11-20)22-19(21-18)15-6-4-3-5-7-15/h3-9,12H,10-11,20H2,1-2H3. The Morgan fingerprint density at radius 1 is 1.05 bits per heavy atom. The van der Waals surface area contributed by atoms with Gasteiger partial charge in [-0.05, 0) is 32.4 Å². The van der Waals surface area contributed by atoms with E-state index < -0.39 is 0 Å². The lowest BCUT2D eigenvalue weighted by Crippen LogP contribution is -2.02. The van der Waals surface area contributed by atoms with Gasteiger partial charge < -0.3 is 5.73 Å². The zero-order chi connectivity index (χ0) is 15.5. The average molecular weight is 308 g/mol. The quantitative estimate of drug-likeness (QED) is 0.765. The summed E-state index contributed by atoms with van der Waals surface area (Å²) in [5, 5.41) is 1.07. The van der Waals surface area contributed by atoms with E-state index >= 15 is 0 Å². The third-order valence-corrected chi connectivity index (χ3v) is 4.89. The third-order valence-electron chi connectivity index (χ3n) is 3.73. The Hall–Kier alpha value is -1.97. The highest BCUT2D eigenvalue weighted by Gasteiger charge is 2.15. The molecule has 0 saturated heterocycles. The molecule has 112 valence electrons. The Labute approximate surface area is 135 Å². The fraction of sp³-hybridized carbons (Fsp3) is 0.211. The predicted octanol–water partition coefficient (Wildman–Crippen LogP) is 4.60. The van der Waals surface area contributed by atoms with Crippen molar-refractivity contribution in [2.45, 2.75) is 20.3 Å². The zero-order valence-corrected chi connectivity index (χ0v) is 13.8. The van der Waals surface area contributed by atoms with Gasteiger partial charge in [-0.3, -0.25) is 0 Å². The van der Waals surface area contributed by atoms with Crippen LogP contribution in [0, 0.1) is 13.8 Å². The van der Waals surface area contributed by atoms with Gasteiger partial charge in [0, 0.05) is 16.0 Å². The van der Waals surface area contributed by atoms with E-state index in [-0.39, 0.29) is 0 Å². The first kappa shape index (κ1) is 14.9. The molecule has 0 aliphatic heterocycles. The van der Waals surface area contributed by atoms with Crippen LogP contribution in [0.5, 0.6) is 0 Å². The van der Waals surface area contributed by atoms with Crippen LogP contribution in [0.2, 0.25) is 0 Å². The van der Waals surface area contributed by atoms with Crippen molar-refractivity contribution < 1.29 is 0 Å². The molecule has 1 aromatic heterocycles. The van der Waals surface area contributed by atoms with Crippen molar-refractivity contribution in [1.29, 1.82) is 0 Å². The summed E-state index contributed by atoms with van der Waals surface area (Å²) in [4.78, 5) is 6.19. The highest BCUT2D eigenvalue weighted by atomic mass is 32.1. The van der Waals surface area contributed by atoms with Gasteiger partial charge in [0.05, 0.1) is 5.69 Å². The SMILES string of the molecule is Cc1ccc(-c2nc(-c3ccccc3)sc2CCN)c(C)c1. The van der Waals surface area contributed by atoms with Gasteiger partial charge in [0.25, 0.3) is 0 Å². The maximum Gasteiger partial charge on any atom is 0.124 e. The van der Waals surface area contributed by atoms with Crippen molar-refractivity contribution >= 4 is 11.3 Å². The molecule has 3 heteroatoms. The van der Waals surface area contributed by atoms with Gasteiger partial charge in [-0.15, -0.1) is 11.3 Å². The Kier molecular flexibility index (Phi) is 4.36. The van der Waals surface area contributed by atoms with Crippen LogP contribution < -0.4 is 5.73 Å². The number of aryl methyl sites for hydroxylation is 2. The van der Waals surface area contributed by atoms with E-state index in [0.29, 0.717) is 6.54 Å². The number of benzene rings is 2. The van der Waals surface area contributed by atoms with E-state index in [0.717, 1.165) is 17.1 Å². The van der Waals surface area contributed by atoms with Gasteiger partial charge in [0.1, 0.15) is 5.01 Å². The van der Waals surface area contributed by atoms with Crippen LogP contribution in [0.4, 0.5) is 0 Å². The first-order valence-corrected chi connectivity index (χ1v) is 8.33. The summed E-state index contributed by atoms with van der Waals surface area (Å²) in [5.41, 5.74) is 11.8. The Bertz CT molecular complexity index is 775.